The van der Waals surface area contributed by atoms with Gasteiger partial charge < -0.3 is 15.0 Å². The Morgan fingerprint density at radius 3 is 2.53 bits per heavy atom. The van der Waals surface area contributed by atoms with Gasteiger partial charge in [0.15, 0.2) is 0 Å². The van der Waals surface area contributed by atoms with Crippen LogP contribution in [-0.4, -0.2) is 50.3 Å². The van der Waals surface area contributed by atoms with Gasteiger partial charge in [0.2, 0.25) is 0 Å². The number of methoxy groups -OCH3 is 1. The van der Waals surface area contributed by atoms with Crippen LogP contribution in [0.3, 0.4) is 0 Å². The molecule has 0 radical (unpaired) electrons. The predicted octanol–water partition coefficient (Wildman–Crippen LogP) is 1.49. The van der Waals surface area contributed by atoms with E-state index in [1.807, 2.05) is 7.11 Å². The third-order valence-corrected chi connectivity index (χ3v) is 3.47. The van der Waals surface area contributed by atoms with Crippen LogP contribution in [0.2, 0.25) is 0 Å². The van der Waals surface area contributed by atoms with E-state index in [-0.39, 0.29) is 0 Å². The Balaban J connectivity index is 2.05. The molecule has 0 aromatic rings. The molecule has 0 aromatic heterocycles. The van der Waals surface area contributed by atoms with E-state index in [0.717, 1.165) is 19.6 Å². The molecule has 0 heterocycles. The zero-order chi connectivity index (χ0) is 11.1. The number of hydrogen-bond acceptors (Lipinski definition) is 3. The van der Waals surface area contributed by atoms with Crippen LogP contribution >= 0.6 is 0 Å². The first kappa shape index (κ1) is 12.9. The van der Waals surface area contributed by atoms with Crippen LogP contribution in [0.25, 0.3) is 0 Å². The molecule has 0 spiro atoms. The Bertz CT molecular complexity index is 160. The summed E-state index contributed by atoms with van der Waals surface area (Å²) < 4.78 is 5.36. The molecule has 0 aliphatic heterocycles. The third kappa shape index (κ3) is 4.49. The van der Waals surface area contributed by atoms with Crippen molar-refractivity contribution in [3.05, 3.63) is 0 Å². The number of nitrogens with one attached hydrogen (secondary N) is 1. The minimum Gasteiger partial charge on any atom is -0.381 e. The molecule has 1 saturated carbocycles. The van der Waals surface area contributed by atoms with Gasteiger partial charge in [-0.2, -0.15) is 0 Å². The summed E-state index contributed by atoms with van der Waals surface area (Å²) in [4.78, 5) is 2.45. The lowest BCUT2D eigenvalue weighted by atomic mass is 10.2. The van der Waals surface area contributed by atoms with Gasteiger partial charge in [-0.15, -0.1) is 0 Å². The van der Waals surface area contributed by atoms with Crippen molar-refractivity contribution < 1.29 is 4.74 Å². The monoisotopic (exact) mass is 214 g/mol. The van der Waals surface area contributed by atoms with E-state index in [1.165, 1.54) is 25.8 Å². The lowest BCUT2D eigenvalue weighted by Gasteiger charge is -2.20. The summed E-state index contributed by atoms with van der Waals surface area (Å²) in [5.74, 6) is 0. The molecule has 1 N–H and O–H groups in total. The molecule has 15 heavy (non-hydrogen) atoms. The Morgan fingerprint density at radius 1 is 1.27 bits per heavy atom. The first-order chi connectivity index (χ1) is 7.30. The number of hydrogen-bond donors (Lipinski definition) is 1. The van der Waals surface area contributed by atoms with Gasteiger partial charge in [0.25, 0.3) is 0 Å². The highest BCUT2D eigenvalue weighted by molar-refractivity contribution is 4.81. The Morgan fingerprint density at radius 2 is 2.00 bits per heavy atom. The summed E-state index contributed by atoms with van der Waals surface area (Å²) in [5, 5.41) is 3.62. The van der Waals surface area contributed by atoms with Crippen LogP contribution in [0.15, 0.2) is 0 Å². The summed E-state index contributed by atoms with van der Waals surface area (Å²) in [7, 11) is 1.82. The molecule has 1 rings (SSSR count). The minimum absolute atomic E-state index is 0.496. The van der Waals surface area contributed by atoms with E-state index >= 15 is 0 Å². The SMILES string of the molecule is CCN(CC)CCNC1CCC(OC)C1. The second-order valence-electron chi connectivity index (χ2n) is 4.35. The highest BCUT2D eigenvalue weighted by Gasteiger charge is 2.23. The van der Waals surface area contributed by atoms with Crippen LogP contribution in [-0.2, 0) is 4.74 Å². The molecule has 1 aliphatic carbocycles. The average Bonchev–Trinajstić information content (AvgIpc) is 2.72. The van der Waals surface area contributed by atoms with E-state index in [9.17, 15) is 0 Å². The molecule has 0 amide bonds. The van der Waals surface area contributed by atoms with Crippen molar-refractivity contribution >= 4 is 0 Å². The molecular formula is C12H26N2O. The molecule has 3 nitrogen and oxygen atoms in total. The lowest BCUT2D eigenvalue weighted by molar-refractivity contribution is 0.107. The fourth-order valence-electron chi connectivity index (χ4n) is 2.31. The fraction of sp³-hybridized carbons (Fsp3) is 1.00. The smallest absolute Gasteiger partial charge is 0.0586 e. The molecule has 2 atom stereocenters. The van der Waals surface area contributed by atoms with Gasteiger partial charge in [-0.05, 0) is 32.4 Å². The van der Waals surface area contributed by atoms with Gasteiger partial charge in [-0.25, -0.2) is 0 Å². The molecular weight excluding hydrogens is 188 g/mol. The zero-order valence-corrected chi connectivity index (χ0v) is 10.5. The minimum atomic E-state index is 0.496. The summed E-state index contributed by atoms with van der Waals surface area (Å²) in [6, 6.07) is 0.686. The standard InChI is InChI=1S/C12H26N2O/c1-4-14(5-2)9-8-13-11-6-7-12(10-11)15-3/h11-13H,4-10H2,1-3H3. The molecule has 2 unspecified atom stereocenters. The molecule has 1 fully saturated rings. The van der Waals surface area contributed by atoms with Gasteiger partial charge in [0.1, 0.15) is 0 Å². The maximum absolute atomic E-state index is 5.36. The van der Waals surface area contributed by atoms with Gasteiger partial charge in [-0.1, -0.05) is 13.8 Å². The van der Waals surface area contributed by atoms with Crippen LogP contribution in [0, 0.1) is 0 Å². The van der Waals surface area contributed by atoms with Crippen molar-refractivity contribution in [2.45, 2.75) is 45.3 Å². The third-order valence-electron chi connectivity index (χ3n) is 3.47. The quantitative estimate of drug-likeness (QED) is 0.695. The maximum atomic E-state index is 5.36. The molecule has 0 aromatic carbocycles. The molecule has 0 bridgehead atoms. The van der Waals surface area contributed by atoms with Crippen molar-refractivity contribution in [2.75, 3.05) is 33.3 Å². The highest BCUT2D eigenvalue weighted by atomic mass is 16.5. The summed E-state index contributed by atoms with van der Waals surface area (Å²) in [6.45, 7) is 9.04. The summed E-state index contributed by atoms with van der Waals surface area (Å²) in [5.41, 5.74) is 0. The van der Waals surface area contributed by atoms with Crippen molar-refractivity contribution in [3.63, 3.8) is 0 Å². The zero-order valence-electron chi connectivity index (χ0n) is 10.5. The Labute approximate surface area is 94.2 Å². The predicted molar refractivity (Wildman–Crippen MR) is 64.2 cm³/mol. The summed E-state index contributed by atoms with van der Waals surface area (Å²) >= 11 is 0. The van der Waals surface area contributed by atoms with E-state index in [4.69, 9.17) is 4.74 Å². The fourth-order valence-corrected chi connectivity index (χ4v) is 2.31. The van der Waals surface area contributed by atoms with E-state index < -0.39 is 0 Å². The van der Waals surface area contributed by atoms with Gasteiger partial charge in [0.05, 0.1) is 6.10 Å². The number of ether oxygens (including phenoxy) is 1. The van der Waals surface area contributed by atoms with E-state index in [1.54, 1.807) is 0 Å². The van der Waals surface area contributed by atoms with Crippen LogP contribution < -0.4 is 5.32 Å². The van der Waals surface area contributed by atoms with Crippen molar-refractivity contribution in [2.24, 2.45) is 0 Å². The van der Waals surface area contributed by atoms with Crippen LogP contribution in [0.5, 0.6) is 0 Å². The Kier molecular flexibility index (Phi) is 6.22. The summed E-state index contributed by atoms with van der Waals surface area (Å²) in [6.07, 6.45) is 4.18. The first-order valence-corrected chi connectivity index (χ1v) is 6.28. The second kappa shape index (κ2) is 7.20. The van der Waals surface area contributed by atoms with E-state index in [2.05, 4.69) is 24.1 Å². The average molecular weight is 214 g/mol. The van der Waals surface area contributed by atoms with E-state index in [0.29, 0.717) is 12.1 Å². The van der Waals surface area contributed by atoms with Gasteiger partial charge in [0, 0.05) is 26.2 Å². The number of likely N-dealkylation sites (N-methyl/N-ethyl adjacent to an activating group) is 1. The number of nitrogens with zero attached hydrogens (tertiary/aromatic N) is 1. The molecule has 0 saturated heterocycles. The second-order valence-corrected chi connectivity index (χ2v) is 4.35. The molecule has 3 heteroatoms. The number of rotatable bonds is 7. The largest absolute Gasteiger partial charge is 0.381 e. The Hall–Kier alpha value is -0.120. The molecule has 1 aliphatic rings. The lowest BCUT2D eigenvalue weighted by Crippen LogP contribution is -2.36. The molecule has 90 valence electrons. The highest BCUT2D eigenvalue weighted by Crippen LogP contribution is 2.20. The van der Waals surface area contributed by atoms with Crippen LogP contribution in [0.4, 0.5) is 0 Å². The topological polar surface area (TPSA) is 24.5 Å². The van der Waals surface area contributed by atoms with Crippen molar-refractivity contribution in [3.8, 4) is 0 Å². The first-order valence-electron chi connectivity index (χ1n) is 6.28. The van der Waals surface area contributed by atoms with Crippen molar-refractivity contribution in [1.82, 2.24) is 10.2 Å². The van der Waals surface area contributed by atoms with Gasteiger partial charge in [-0.3, -0.25) is 0 Å². The maximum Gasteiger partial charge on any atom is 0.0586 e. The van der Waals surface area contributed by atoms with Crippen molar-refractivity contribution in [1.29, 1.82) is 0 Å². The van der Waals surface area contributed by atoms with Gasteiger partial charge >= 0.3 is 0 Å². The normalized spacial score (nSPS) is 26.4. The van der Waals surface area contributed by atoms with Crippen LogP contribution in [0.1, 0.15) is 33.1 Å².